The van der Waals surface area contributed by atoms with Gasteiger partial charge in [0.2, 0.25) is 0 Å². The number of carbonyl (C=O) groups excluding carboxylic acids is 4. The second-order valence-electron chi connectivity index (χ2n) is 30.5. The molecule has 0 aliphatic heterocycles. The molecule has 0 rings (SSSR count). The normalized spacial score (nSPS) is 13.9. The van der Waals surface area contributed by atoms with Crippen molar-refractivity contribution >= 4 is 39.5 Å². The van der Waals surface area contributed by atoms with Crippen molar-refractivity contribution in [2.45, 2.75) is 452 Å². The molecule has 2 unspecified atom stereocenters. The number of carbonyl (C=O) groups is 4. The maximum atomic E-state index is 13.1. The number of aliphatic hydroxyl groups excluding tert-OH is 1. The Balaban J connectivity index is 5.18. The highest BCUT2D eigenvalue weighted by Gasteiger charge is 2.30. The molecule has 0 radical (unpaired) electrons. The number of phosphoric ester groups is 2. The second-order valence-corrected chi connectivity index (χ2v) is 33.4. The second kappa shape index (κ2) is 73.6. The number of esters is 4. The van der Waals surface area contributed by atoms with E-state index in [1.807, 2.05) is 0 Å². The van der Waals surface area contributed by atoms with Crippen LogP contribution in [0.3, 0.4) is 0 Å². The summed E-state index contributed by atoms with van der Waals surface area (Å²) in [6, 6.07) is 0. The number of phosphoric acid groups is 2. The van der Waals surface area contributed by atoms with Crippen LogP contribution in [-0.4, -0.2) is 96.7 Å². The lowest BCUT2D eigenvalue weighted by Crippen LogP contribution is -2.30. The molecular formula is C82H160O17P2. The van der Waals surface area contributed by atoms with Crippen LogP contribution in [-0.2, 0) is 65.4 Å². The van der Waals surface area contributed by atoms with Crippen molar-refractivity contribution in [3.05, 3.63) is 0 Å². The molecule has 0 bridgehead atoms. The van der Waals surface area contributed by atoms with E-state index in [9.17, 15) is 43.2 Å². The molecule has 101 heavy (non-hydrogen) atoms. The van der Waals surface area contributed by atoms with E-state index in [0.717, 1.165) is 108 Å². The molecule has 19 heteroatoms. The molecule has 600 valence electrons. The van der Waals surface area contributed by atoms with Crippen LogP contribution in [0.1, 0.15) is 433 Å². The average molecular weight is 1480 g/mol. The summed E-state index contributed by atoms with van der Waals surface area (Å²) in [6.45, 7) is 9.68. The van der Waals surface area contributed by atoms with Crippen molar-refractivity contribution in [1.82, 2.24) is 0 Å². The van der Waals surface area contributed by atoms with Crippen molar-refractivity contribution < 1.29 is 80.2 Å². The van der Waals surface area contributed by atoms with Gasteiger partial charge in [-0.25, -0.2) is 9.13 Å². The third-order valence-corrected chi connectivity index (χ3v) is 21.1. The summed E-state index contributed by atoms with van der Waals surface area (Å²) >= 11 is 0. The van der Waals surface area contributed by atoms with E-state index in [2.05, 4.69) is 41.5 Å². The molecule has 0 saturated heterocycles. The van der Waals surface area contributed by atoms with Crippen molar-refractivity contribution in [2.24, 2.45) is 11.8 Å². The fourth-order valence-corrected chi connectivity index (χ4v) is 14.3. The molecule has 0 amide bonds. The van der Waals surface area contributed by atoms with Gasteiger partial charge in [-0.15, -0.1) is 0 Å². The summed E-state index contributed by atoms with van der Waals surface area (Å²) in [6.07, 6.45) is 63.9. The molecule has 3 N–H and O–H groups in total. The summed E-state index contributed by atoms with van der Waals surface area (Å²) in [7, 11) is -9.92. The predicted octanol–water partition coefficient (Wildman–Crippen LogP) is 24.7. The first-order valence-corrected chi connectivity index (χ1v) is 45.5. The van der Waals surface area contributed by atoms with E-state index in [0.29, 0.717) is 25.7 Å². The molecule has 0 spiro atoms. The largest absolute Gasteiger partial charge is 0.472 e. The van der Waals surface area contributed by atoms with Gasteiger partial charge >= 0.3 is 39.5 Å². The zero-order chi connectivity index (χ0) is 74.2. The van der Waals surface area contributed by atoms with Gasteiger partial charge in [-0.3, -0.25) is 37.3 Å². The SMILES string of the molecule is CCCCCCCCCCCCCCCC(=O)O[C@H](COC(=O)CCCCCCCCCC)COP(=O)(O)OC[C@H](O)COP(=O)(O)OC[C@@H](COC(=O)CCCCCCCCCCCCCCCCCCC(C)C)OC(=O)CCCCCCCCCCCCCCCCCCCCC(C)C. The van der Waals surface area contributed by atoms with Gasteiger partial charge in [0.05, 0.1) is 26.4 Å². The Morgan fingerprint density at radius 1 is 0.267 bits per heavy atom. The van der Waals surface area contributed by atoms with Crippen molar-refractivity contribution in [2.75, 3.05) is 39.6 Å². The topological polar surface area (TPSA) is 237 Å². The minimum Gasteiger partial charge on any atom is -0.462 e. The van der Waals surface area contributed by atoms with Gasteiger partial charge in [0.1, 0.15) is 19.3 Å². The van der Waals surface area contributed by atoms with Crippen LogP contribution in [0.15, 0.2) is 0 Å². The van der Waals surface area contributed by atoms with Gasteiger partial charge in [-0.1, -0.05) is 382 Å². The van der Waals surface area contributed by atoms with Gasteiger partial charge in [0.25, 0.3) is 0 Å². The maximum absolute atomic E-state index is 13.1. The number of rotatable bonds is 81. The van der Waals surface area contributed by atoms with Crippen LogP contribution >= 0.6 is 15.6 Å². The molecule has 17 nitrogen and oxygen atoms in total. The van der Waals surface area contributed by atoms with E-state index in [4.69, 9.17) is 37.0 Å². The van der Waals surface area contributed by atoms with Gasteiger partial charge < -0.3 is 33.8 Å². The summed E-state index contributed by atoms with van der Waals surface area (Å²) in [4.78, 5) is 72.9. The van der Waals surface area contributed by atoms with Gasteiger partial charge in [-0.05, 0) is 37.5 Å². The molecule has 0 aliphatic carbocycles. The molecular weight excluding hydrogens is 1320 g/mol. The highest BCUT2D eigenvalue weighted by molar-refractivity contribution is 7.47. The molecule has 0 aromatic rings. The molecule has 0 heterocycles. The number of hydrogen-bond donors (Lipinski definition) is 3. The zero-order valence-electron chi connectivity index (χ0n) is 66.2. The lowest BCUT2D eigenvalue weighted by atomic mass is 10.0. The molecule has 0 aromatic heterocycles. The summed E-state index contributed by atoms with van der Waals surface area (Å²) in [5.41, 5.74) is 0. The first-order chi connectivity index (χ1) is 48.9. The van der Waals surface area contributed by atoms with Crippen molar-refractivity contribution in [3.63, 3.8) is 0 Å². The molecule has 5 atom stereocenters. The zero-order valence-corrected chi connectivity index (χ0v) is 68.0. The van der Waals surface area contributed by atoms with Gasteiger partial charge in [0.15, 0.2) is 12.2 Å². The summed E-state index contributed by atoms with van der Waals surface area (Å²) in [5, 5.41) is 10.6. The minimum atomic E-state index is -4.96. The Kier molecular flexibility index (Phi) is 72.2. The highest BCUT2D eigenvalue weighted by atomic mass is 31.2. The molecule has 0 saturated carbocycles. The number of hydrogen-bond acceptors (Lipinski definition) is 15. The first-order valence-electron chi connectivity index (χ1n) is 42.5. The summed E-state index contributed by atoms with van der Waals surface area (Å²) in [5.74, 6) is -0.476. The first kappa shape index (κ1) is 99.1. The molecule has 0 aromatic carbocycles. The number of unbranched alkanes of at least 4 members (excludes halogenated alkanes) is 51. The quantitative estimate of drug-likeness (QED) is 0.0222. The predicted molar refractivity (Wildman–Crippen MR) is 414 cm³/mol. The van der Waals surface area contributed by atoms with Crippen molar-refractivity contribution in [3.8, 4) is 0 Å². The molecule has 0 fully saturated rings. The third kappa shape index (κ3) is 76.1. The van der Waals surface area contributed by atoms with Gasteiger partial charge in [-0.2, -0.15) is 0 Å². The van der Waals surface area contributed by atoms with Crippen LogP contribution in [0.5, 0.6) is 0 Å². The Hall–Kier alpha value is -1.94. The fourth-order valence-electron chi connectivity index (χ4n) is 12.7. The Morgan fingerprint density at radius 3 is 0.673 bits per heavy atom. The minimum absolute atomic E-state index is 0.108. The van der Waals surface area contributed by atoms with Crippen LogP contribution in [0.4, 0.5) is 0 Å². The lowest BCUT2D eigenvalue weighted by Gasteiger charge is -2.21. The van der Waals surface area contributed by atoms with Crippen LogP contribution in [0, 0.1) is 11.8 Å². The number of aliphatic hydroxyl groups is 1. The smallest absolute Gasteiger partial charge is 0.462 e. The van der Waals surface area contributed by atoms with E-state index >= 15 is 0 Å². The Labute approximate surface area is 619 Å². The molecule has 0 aliphatic rings. The van der Waals surface area contributed by atoms with E-state index in [1.165, 1.54) is 244 Å². The monoisotopic (exact) mass is 1480 g/mol. The fraction of sp³-hybridized carbons (Fsp3) is 0.951. The van der Waals surface area contributed by atoms with Gasteiger partial charge in [0, 0.05) is 25.7 Å². The van der Waals surface area contributed by atoms with E-state index in [-0.39, 0.29) is 25.7 Å². The standard InChI is InChI=1S/C82H160O17P2/c1-7-9-11-13-15-17-18-29-37-42-48-54-60-66-81(86)98-77(70-92-79(84)64-58-52-46-16-14-12-10-8-2)72-96-100(88,89)94-68-76(83)69-95-101(90,91)97-73-78(71-93-80(85)65-59-53-47-41-36-32-27-24-23-26-31-35-40-45-51-57-63-75(5)6)99-82(87)67-61-55-49-43-38-33-28-22-20-19-21-25-30-34-39-44-50-56-62-74(3)4/h74-78,83H,7-73H2,1-6H3,(H,88,89)(H,90,91)/t76-,77+,78+/m0/s1. The highest BCUT2D eigenvalue weighted by Crippen LogP contribution is 2.45. The Bertz CT molecular complexity index is 1940. The third-order valence-electron chi connectivity index (χ3n) is 19.2. The number of ether oxygens (including phenoxy) is 4. The van der Waals surface area contributed by atoms with Crippen molar-refractivity contribution in [1.29, 1.82) is 0 Å². The van der Waals surface area contributed by atoms with Crippen LogP contribution in [0.25, 0.3) is 0 Å². The lowest BCUT2D eigenvalue weighted by molar-refractivity contribution is -0.161. The van der Waals surface area contributed by atoms with E-state index in [1.54, 1.807) is 0 Å². The van der Waals surface area contributed by atoms with Crippen LogP contribution in [0.2, 0.25) is 0 Å². The average Bonchev–Trinajstić information content (AvgIpc) is 0.964. The summed E-state index contributed by atoms with van der Waals surface area (Å²) < 4.78 is 68.7. The van der Waals surface area contributed by atoms with E-state index < -0.39 is 97.5 Å². The Morgan fingerprint density at radius 2 is 0.455 bits per heavy atom. The van der Waals surface area contributed by atoms with Crippen LogP contribution < -0.4 is 0 Å². The maximum Gasteiger partial charge on any atom is 0.472 e.